The van der Waals surface area contributed by atoms with Gasteiger partial charge in [-0.3, -0.25) is 4.79 Å². The maximum absolute atomic E-state index is 12.2. The minimum atomic E-state index is -0.231. The molecule has 0 radical (unpaired) electrons. The van der Waals surface area contributed by atoms with Crippen molar-refractivity contribution in [1.29, 1.82) is 0 Å². The Hall–Kier alpha value is -2.60. The number of benzene rings is 2. The summed E-state index contributed by atoms with van der Waals surface area (Å²) in [6.45, 7) is 0.599. The molecule has 0 fully saturated rings. The van der Waals surface area contributed by atoms with E-state index in [9.17, 15) is 4.79 Å². The highest BCUT2D eigenvalue weighted by molar-refractivity contribution is 7.99. The van der Waals surface area contributed by atoms with Crippen molar-refractivity contribution in [2.75, 3.05) is 10.8 Å². The van der Waals surface area contributed by atoms with Gasteiger partial charge in [-0.05, 0) is 17.7 Å². The lowest BCUT2D eigenvalue weighted by molar-refractivity contribution is 0.486. The molecule has 3 aromatic rings. The lowest BCUT2D eigenvalue weighted by atomic mass is 10.1. The van der Waals surface area contributed by atoms with Crippen LogP contribution in [0.2, 0.25) is 0 Å². The van der Waals surface area contributed by atoms with E-state index in [1.165, 1.54) is 11.8 Å². The Kier molecular flexibility index (Phi) is 4.04. The van der Waals surface area contributed by atoms with Crippen molar-refractivity contribution >= 4 is 17.4 Å². The highest BCUT2D eigenvalue weighted by atomic mass is 32.2. The number of para-hydroxylation sites is 1. The molecule has 2 heterocycles. The van der Waals surface area contributed by atoms with Gasteiger partial charge in [-0.25, -0.2) is 4.68 Å². The zero-order valence-corrected chi connectivity index (χ0v) is 13.8. The number of fused-ring (bicyclic) bond motifs is 1. The fourth-order valence-corrected chi connectivity index (χ4v) is 3.57. The lowest BCUT2D eigenvalue weighted by Crippen LogP contribution is -2.35. The fraction of sp³-hybridized carbons (Fsp3) is 0.167. The van der Waals surface area contributed by atoms with Gasteiger partial charge in [-0.15, -0.1) is 0 Å². The first-order chi connectivity index (χ1) is 11.8. The first-order valence-corrected chi connectivity index (χ1v) is 8.73. The summed E-state index contributed by atoms with van der Waals surface area (Å²) in [6.07, 6.45) is 0.503. The number of thioether (sulfide) groups is 1. The van der Waals surface area contributed by atoms with Gasteiger partial charge in [-0.2, -0.15) is 10.1 Å². The Labute approximate surface area is 144 Å². The number of hydrogen-bond donors (Lipinski definition) is 0. The van der Waals surface area contributed by atoms with Gasteiger partial charge in [0.05, 0.1) is 5.88 Å². The SMILES string of the molecule is O=c1nc2n(nc1Cc1ccccc1)CN(c1ccccc1)CS2. The molecule has 1 aromatic heterocycles. The third-order valence-corrected chi connectivity index (χ3v) is 4.90. The molecule has 0 saturated heterocycles. The van der Waals surface area contributed by atoms with Gasteiger partial charge in [0.15, 0.2) is 5.16 Å². The van der Waals surface area contributed by atoms with E-state index in [-0.39, 0.29) is 5.56 Å². The second-order valence-electron chi connectivity index (χ2n) is 5.60. The van der Waals surface area contributed by atoms with Gasteiger partial charge >= 0.3 is 0 Å². The fourth-order valence-electron chi connectivity index (χ4n) is 2.67. The van der Waals surface area contributed by atoms with Gasteiger partial charge in [0.1, 0.15) is 12.4 Å². The Morgan fingerprint density at radius 1 is 1.00 bits per heavy atom. The van der Waals surface area contributed by atoms with Crippen LogP contribution in [0, 0.1) is 0 Å². The standard InChI is InChI=1S/C18H16N4OS/c23-17-16(11-14-7-3-1-4-8-14)20-22-12-21(13-24-18(22)19-17)15-9-5-2-6-10-15/h1-10H,11-13H2. The Morgan fingerprint density at radius 3 is 2.46 bits per heavy atom. The largest absolute Gasteiger partial charge is 0.342 e. The average Bonchev–Trinajstić information content (AvgIpc) is 2.64. The van der Waals surface area contributed by atoms with Crippen LogP contribution in [0.5, 0.6) is 0 Å². The van der Waals surface area contributed by atoms with Crippen LogP contribution in [0.4, 0.5) is 5.69 Å². The molecule has 4 rings (SSSR count). The summed E-state index contributed by atoms with van der Waals surface area (Å²) in [5.41, 5.74) is 2.46. The van der Waals surface area contributed by atoms with Crippen LogP contribution < -0.4 is 10.5 Å². The Bertz CT molecular complexity index is 896. The number of anilines is 1. The second kappa shape index (κ2) is 6.49. The summed E-state index contributed by atoms with van der Waals surface area (Å²) in [5.74, 6) is 0.760. The van der Waals surface area contributed by atoms with Crippen LogP contribution in [0.1, 0.15) is 11.3 Å². The first kappa shape index (κ1) is 15.0. The molecule has 1 aliphatic rings. The van der Waals surface area contributed by atoms with E-state index < -0.39 is 0 Å². The number of rotatable bonds is 3. The summed E-state index contributed by atoms with van der Waals surface area (Å²) < 4.78 is 1.82. The molecule has 0 bridgehead atoms. The maximum atomic E-state index is 12.2. The van der Waals surface area contributed by atoms with Crippen molar-refractivity contribution < 1.29 is 0 Å². The summed E-state index contributed by atoms with van der Waals surface area (Å²) in [4.78, 5) is 18.7. The van der Waals surface area contributed by atoms with Crippen molar-refractivity contribution in [2.45, 2.75) is 18.2 Å². The molecule has 0 atom stereocenters. The molecule has 2 aromatic carbocycles. The first-order valence-electron chi connectivity index (χ1n) is 7.74. The smallest absolute Gasteiger partial charge is 0.295 e. The monoisotopic (exact) mass is 336 g/mol. The zero-order chi connectivity index (χ0) is 16.4. The van der Waals surface area contributed by atoms with Gasteiger partial charge in [0, 0.05) is 12.1 Å². The number of aromatic nitrogens is 3. The molecule has 5 nitrogen and oxygen atoms in total. The molecule has 0 N–H and O–H groups in total. The highest BCUT2D eigenvalue weighted by Gasteiger charge is 2.20. The predicted molar refractivity (Wildman–Crippen MR) is 95.2 cm³/mol. The third-order valence-electron chi connectivity index (χ3n) is 3.90. The van der Waals surface area contributed by atoms with Crippen LogP contribution in [-0.2, 0) is 13.1 Å². The van der Waals surface area contributed by atoms with Crippen LogP contribution in [-0.4, -0.2) is 20.6 Å². The quantitative estimate of drug-likeness (QED) is 0.736. The molecule has 0 amide bonds. The third kappa shape index (κ3) is 3.05. The van der Waals surface area contributed by atoms with Crippen molar-refractivity contribution in [3.05, 3.63) is 82.3 Å². The molecule has 6 heteroatoms. The summed E-state index contributed by atoms with van der Waals surface area (Å²) >= 11 is 1.54. The van der Waals surface area contributed by atoms with Crippen LogP contribution in [0.15, 0.2) is 70.6 Å². The van der Waals surface area contributed by atoms with E-state index in [4.69, 9.17) is 0 Å². The number of nitrogens with zero attached hydrogens (tertiary/aromatic N) is 4. The molecular formula is C18H16N4OS. The van der Waals surface area contributed by atoms with E-state index in [0.29, 0.717) is 23.9 Å². The van der Waals surface area contributed by atoms with Crippen LogP contribution in [0.25, 0.3) is 0 Å². The summed E-state index contributed by atoms with van der Waals surface area (Å²) in [6, 6.07) is 20.1. The molecule has 0 unspecified atom stereocenters. The normalized spacial score (nSPS) is 13.6. The summed E-state index contributed by atoms with van der Waals surface area (Å²) in [5, 5.41) is 5.25. The minimum absolute atomic E-state index is 0.231. The van der Waals surface area contributed by atoms with Gasteiger partial charge in [-0.1, -0.05) is 60.3 Å². The predicted octanol–water partition coefficient (Wildman–Crippen LogP) is 2.76. The zero-order valence-electron chi connectivity index (χ0n) is 13.0. The maximum Gasteiger partial charge on any atom is 0.295 e. The van der Waals surface area contributed by atoms with E-state index in [1.54, 1.807) is 0 Å². The van der Waals surface area contributed by atoms with Crippen molar-refractivity contribution in [1.82, 2.24) is 14.8 Å². The van der Waals surface area contributed by atoms with E-state index in [1.807, 2.05) is 53.2 Å². The van der Waals surface area contributed by atoms with Crippen molar-refractivity contribution in [3.63, 3.8) is 0 Å². The lowest BCUT2D eigenvalue weighted by Gasteiger charge is -2.30. The molecule has 0 saturated carbocycles. The number of hydrogen-bond acceptors (Lipinski definition) is 5. The molecule has 1 aliphatic heterocycles. The highest BCUT2D eigenvalue weighted by Crippen LogP contribution is 2.26. The minimum Gasteiger partial charge on any atom is -0.342 e. The van der Waals surface area contributed by atoms with Gasteiger partial charge < -0.3 is 4.90 Å². The van der Waals surface area contributed by atoms with Crippen molar-refractivity contribution in [2.24, 2.45) is 0 Å². The van der Waals surface area contributed by atoms with Crippen molar-refractivity contribution in [3.8, 4) is 0 Å². The van der Waals surface area contributed by atoms with E-state index in [2.05, 4.69) is 27.1 Å². The second-order valence-corrected chi connectivity index (χ2v) is 6.51. The molecular weight excluding hydrogens is 320 g/mol. The average molecular weight is 336 g/mol. The molecule has 120 valence electrons. The molecule has 0 aliphatic carbocycles. The Morgan fingerprint density at radius 2 is 1.71 bits per heavy atom. The molecule has 0 spiro atoms. The van der Waals surface area contributed by atoms with Crippen LogP contribution in [0.3, 0.4) is 0 Å². The molecule has 24 heavy (non-hydrogen) atoms. The van der Waals surface area contributed by atoms with Gasteiger partial charge in [0.25, 0.3) is 5.56 Å². The van der Waals surface area contributed by atoms with E-state index in [0.717, 1.165) is 17.1 Å². The van der Waals surface area contributed by atoms with Crippen LogP contribution >= 0.6 is 11.8 Å². The topological polar surface area (TPSA) is 51.0 Å². The summed E-state index contributed by atoms with van der Waals surface area (Å²) in [7, 11) is 0. The Balaban J connectivity index is 1.63. The van der Waals surface area contributed by atoms with Gasteiger partial charge in [0.2, 0.25) is 0 Å². The van der Waals surface area contributed by atoms with E-state index >= 15 is 0 Å².